The van der Waals surface area contributed by atoms with E-state index in [9.17, 15) is 0 Å². The maximum Gasteiger partial charge on any atom is 0.0546 e. The lowest BCUT2D eigenvalue weighted by molar-refractivity contribution is 0.659. The summed E-state index contributed by atoms with van der Waals surface area (Å²) in [5.74, 6) is 0. The van der Waals surface area contributed by atoms with Crippen LogP contribution in [0.3, 0.4) is 0 Å². The highest BCUT2D eigenvalue weighted by molar-refractivity contribution is 6.25. The van der Waals surface area contributed by atoms with Crippen molar-refractivity contribution in [3.8, 4) is 134 Å². The van der Waals surface area contributed by atoms with Gasteiger partial charge in [-0.05, 0) is 297 Å². The minimum atomic E-state index is -0.176. The number of rotatable bonds is 14. The molecule has 2 nitrogen and oxygen atoms in total. The lowest BCUT2D eigenvalue weighted by atomic mass is 9.80. The van der Waals surface area contributed by atoms with E-state index in [-0.39, 0.29) is 21.7 Å². The van der Waals surface area contributed by atoms with Crippen LogP contribution < -0.4 is 9.80 Å². The second-order valence-corrected chi connectivity index (χ2v) is 37.9. The van der Waals surface area contributed by atoms with E-state index < -0.39 is 0 Å². The van der Waals surface area contributed by atoms with Crippen molar-refractivity contribution in [3.05, 3.63) is 469 Å². The first-order chi connectivity index (χ1) is 62.4. The molecule has 0 aromatic heterocycles. The Morgan fingerprint density at radius 2 is 0.336 bits per heavy atom. The molecule has 0 heterocycles. The Balaban J connectivity index is 0.534. The van der Waals surface area contributed by atoms with Gasteiger partial charge in [0.1, 0.15) is 0 Å². The third-order valence-electron chi connectivity index (χ3n) is 29.3. The van der Waals surface area contributed by atoms with Crippen molar-refractivity contribution in [2.75, 3.05) is 9.80 Å². The Hall–Kier alpha value is -15.2. The Kier molecular flexibility index (Phi) is 17.4. The fourth-order valence-electron chi connectivity index (χ4n) is 22.3. The summed E-state index contributed by atoms with van der Waals surface area (Å²) in [5.41, 5.74) is 47.2. The van der Waals surface area contributed by atoms with Gasteiger partial charge < -0.3 is 9.80 Å². The van der Waals surface area contributed by atoms with Crippen molar-refractivity contribution >= 4 is 66.4 Å². The Bertz CT molecular complexity index is 7550. The van der Waals surface area contributed by atoms with Crippen molar-refractivity contribution in [2.45, 2.75) is 77.0 Å². The predicted octanol–water partition coefficient (Wildman–Crippen LogP) is 34.6. The Morgan fingerprint density at radius 1 is 0.133 bits per heavy atom. The monoisotopic (exact) mass is 1630 g/mol. The van der Waals surface area contributed by atoms with Crippen LogP contribution in [0.2, 0.25) is 0 Å². The van der Waals surface area contributed by atoms with E-state index in [4.69, 9.17) is 0 Å². The van der Waals surface area contributed by atoms with Gasteiger partial charge in [-0.15, -0.1) is 0 Å². The second-order valence-electron chi connectivity index (χ2n) is 37.9. The molecule has 0 amide bonds. The highest BCUT2D eigenvalue weighted by atomic mass is 15.2. The molecule has 128 heavy (non-hydrogen) atoms. The standard InChI is InChI=1S/C126H94N2/c1-123(2)113-39-21-19-35-101(113)103-65-59-91(73-115(103)123)93-61-67-107-105-63-57-89(71-117(105)125(5,6)119(107)75-93)85-53-45-81(46-54-85)79-41-49-83(50-42-79)87-25-23-31-97(69-87)128(122-78-112-99-33-15-17-37-109(99)121(77-111(112)100-34-16-18-38-110(100)122)127(95-27-11-9-12-28-95)96-29-13-10-14-30-96)98-32-24-26-88(70-98)84-51-43-80(44-52-84)82-47-55-86(56-48-82)90-58-64-106-108-68-62-94(76-120(108)126(7,8)118(106)72-90)92-60-66-104-102-36-20-22-40-114(102)124(3,4)116(104)74-92/h9-78H,1-8H3. The van der Waals surface area contributed by atoms with Crippen LogP contribution >= 0.6 is 0 Å². The number of anilines is 6. The predicted molar refractivity (Wildman–Crippen MR) is 542 cm³/mol. The van der Waals surface area contributed by atoms with Gasteiger partial charge in [-0.3, -0.25) is 0 Å². The molecule has 0 aliphatic heterocycles. The van der Waals surface area contributed by atoms with E-state index in [1.54, 1.807) is 0 Å². The average Bonchev–Trinajstić information content (AvgIpc) is 1.41. The number of hydrogen-bond donors (Lipinski definition) is 0. The molecule has 0 unspecified atom stereocenters. The number of hydrogen-bond acceptors (Lipinski definition) is 2. The fraction of sp³-hybridized carbons (Fsp3) is 0.0952. The van der Waals surface area contributed by atoms with Crippen LogP contribution in [0.5, 0.6) is 0 Å². The SMILES string of the molecule is CC1(C)c2ccccc2-c2ccc(-c3ccc4c(c3)C(C)(C)c3cc(-c5ccc(-c6ccc(-c7cccc(N(c8cccc(-c9ccc(-c%10ccc(-c%11ccc%12c(c%11)C(C)(C)c%11cc(-c%13ccc%14c(c%13)C(C)(C)c%13ccccc%13-%14)ccc%11-%12)cc%10)cc9)c8)c8cc9c%10ccccc%10c(N(c%10ccccc%10)c%10ccccc%10)cc9c9ccccc89)c7)cc6)cc5)ccc3-4)cc21. The van der Waals surface area contributed by atoms with E-state index in [1.807, 2.05) is 0 Å². The molecule has 608 valence electrons. The van der Waals surface area contributed by atoms with Crippen LogP contribution in [0.25, 0.3) is 166 Å². The van der Waals surface area contributed by atoms with Gasteiger partial charge >= 0.3 is 0 Å². The van der Waals surface area contributed by atoms with Crippen LogP contribution in [0.1, 0.15) is 99.9 Å². The molecule has 0 saturated carbocycles. The number of fused-ring (bicyclic) bond motifs is 17. The van der Waals surface area contributed by atoms with Gasteiger partial charge in [-0.2, -0.15) is 0 Å². The highest BCUT2D eigenvalue weighted by Crippen LogP contribution is 2.57. The van der Waals surface area contributed by atoms with Gasteiger partial charge in [-0.1, -0.05) is 383 Å². The normalized spacial score (nSPS) is 14.0. The molecular weight excluding hydrogens is 1540 g/mol. The van der Waals surface area contributed by atoms with E-state index in [1.165, 1.54) is 183 Å². The van der Waals surface area contributed by atoms with Crippen LogP contribution in [-0.4, -0.2) is 0 Å². The summed E-state index contributed by atoms with van der Waals surface area (Å²) in [5, 5.41) is 7.05. The molecule has 0 bridgehead atoms. The van der Waals surface area contributed by atoms with Gasteiger partial charge in [-0.25, -0.2) is 0 Å². The van der Waals surface area contributed by atoms with E-state index in [0.29, 0.717) is 0 Å². The number of nitrogens with zero attached hydrogens (tertiary/aromatic N) is 2. The van der Waals surface area contributed by atoms with Gasteiger partial charge in [0.2, 0.25) is 0 Å². The first kappa shape index (κ1) is 76.4. The topological polar surface area (TPSA) is 6.48 Å². The molecule has 2 heteroatoms. The minimum Gasteiger partial charge on any atom is -0.310 e. The molecule has 4 aliphatic carbocycles. The molecule has 20 aromatic carbocycles. The van der Waals surface area contributed by atoms with E-state index in [0.717, 1.165) is 61.8 Å². The summed E-state index contributed by atoms with van der Waals surface area (Å²) >= 11 is 0. The van der Waals surface area contributed by atoms with E-state index >= 15 is 0 Å². The molecule has 0 saturated heterocycles. The smallest absolute Gasteiger partial charge is 0.0546 e. The van der Waals surface area contributed by atoms with Crippen LogP contribution in [0.4, 0.5) is 34.1 Å². The average molecular weight is 1640 g/mol. The molecule has 20 aromatic rings. The summed E-state index contributed by atoms with van der Waals surface area (Å²) in [6, 6.07) is 160. The van der Waals surface area contributed by atoms with Gasteiger partial charge in [0, 0.05) is 55.2 Å². The second kappa shape index (κ2) is 29.2. The summed E-state index contributed by atoms with van der Waals surface area (Å²) < 4.78 is 0. The maximum absolute atomic E-state index is 2.50. The fourth-order valence-corrected chi connectivity index (χ4v) is 22.3. The maximum atomic E-state index is 2.50. The lowest BCUT2D eigenvalue weighted by Crippen LogP contribution is -2.15. The zero-order valence-corrected chi connectivity index (χ0v) is 73.3. The molecule has 0 radical (unpaired) electrons. The summed E-state index contributed by atoms with van der Waals surface area (Å²) in [4.78, 5) is 4.92. The van der Waals surface area contributed by atoms with Gasteiger partial charge in [0.05, 0.1) is 11.4 Å². The summed E-state index contributed by atoms with van der Waals surface area (Å²) in [6.45, 7) is 19.1. The van der Waals surface area contributed by atoms with Crippen LogP contribution in [0, 0.1) is 0 Å². The summed E-state index contributed by atoms with van der Waals surface area (Å²) in [6.07, 6.45) is 0. The van der Waals surface area contributed by atoms with Crippen molar-refractivity contribution < 1.29 is 0 Å². The first-order valence-corrected chi connectivity index (χ1v) is 45.2. The molecule has 4 aliphatic rings. The third kappa shape index (κ3) is 12.2. The number of benzene rings is 20. The molecule has 0 atom stereocenters. The van der Waals surface area contributed by atoms with Gasteiger partial charge in [0.15, 0.2) is 0 Å². The Labute approximate surface area is 750 Å². The molecular formula is C126H94N2. The first-order valence-electron chi connectivity index (χ1n) is 45.2. The van der Waals surface area contributed by atoms with Crippen molar-refractivity contribution in [1.29, 1.82) is 0 Å². The third-order valence-corrected chi connectivity index (χ3v) is 29.3. The zero-order chi connectivity index (χ0) is 86.1. The van der Waals surface area contributed by atoms with Crippen LogP contribution in [0.15, 0.2) is 425 Å². The summed E-state index contributed by atoms with van der Waals surface area (Å²) in [7, 11) is 0. The number of para-hydroxylation sites is 2. The zero-order valence-electron chi connectivity index (χ0n) is 73.3. The Morgan fingerprint density at radius 3 is 0.633 bits per heavy atom. The molecule has 0 fully saturated rings. The van der Waals surface area contributed by atoms with Crippen molar-refractivity contribution in [2.24, 2.45) is 0 Å². The highest BCUT2D eigenvalue weighted by Gasteiger charge is 2.41. The quantitative estimate of drug-likeness (QED) is 0.100. The lowest BCUT2D eigenvalue weighted by Gasteiger charge is -2.30. The molecule has 0 spiro atoms. The largest absolute Gasteiger partial charge is 0.310 e. The van der Waals surface area contributed by atoms with Gasteiger partial charge in [0.25, 0.3) is 0 Å². The molecule has 0 N–H and O–H groups in total. The van der Waals surface area contributed by atoms with Crippen molar-refractivity contribution in [3.63, 3.8) is 0 Å². The van der Waals surface area contributed by atoms with Crippen LogP contribution in [-0.2, 0) is 21.7 Å². The minimum absolute atomic E-state index is 0.0526. The van der Waals surface area contributed by atoms with E-state index in [2.05, 4.69) is 490 Å². The molecule has 24 rings (SSSR count). The van der Waals surface area contributed by atoms with Crippen molar-refractivity contribution in [1.82, 2.24) is 0 Å².